The van der Waals surface area contributed by atoms with Gasteiger partial charge in [0.25, 0.3) is 0 Å². The number of hydrogen-bond donors (Lipinski definition) is 0. The Morgan fingerprint density at radius 1 is 1.00 bits per heavy atom. The largest absolute Gasteiger partial charge is 0.490 e. The normalized spacial score (nSPS) is 25.8. The van der Waals surface area contributed by atoms with E-state index in [1.54, 1.807) is 0 Å². The molecular weight excluding hydrogens is 360 g/mol. The Hall–Kier alpha value is -0.990. The second-order valence-electron chi connectivity index (χ2n) is 6.52. The summed E-state index contributed by atoms with van der Waals surface area (Å²) in [6.45, 7) is 0. The minimum atomic E-state index is 0.439. The van der Waals surface area contributed by atoms with Crippen molar-refractivity contribution >= 4 is 27.5 Å². The Balaban J connectivity index is 1.41. The van der Waals surface area contributed by atoms with Crippen molar-refractivity contribution in [1.82, 2.24) is 0 Å². The van der Waals surface area contributed by atoms with Crippen LogP contribution in [0.5, 0.6) is 5.75 Å². The molecule has 3 atom stereocenters. The third kappa shape index (κ3) is 3.18. The first kappa shape index (κ1) is 14.6. The molecule has 22 heavy (non-hydrogen) atoms. The van der Waals surface area contributed by atoms with Crippen molar-refractivity contribution in [2.75, 3.05) is 0 Å². The molecule has 2 aromatic carbocycles. The SMILES string of the molecule is Clc1ccc(Br)cc1Cc1ccc(OC2C[C@@H]3C[C@@H]3C2)cc1. The number of rotatable bonds is 4. The molecule has 2 saturated carbocycles. The summed E-state index contributed by atoms with van der Waals surface area (Å²) in [5, 5.41) is 0.814. The average Bonchev–Trinajstić information content (AvgIpc) is 3.12. The fraction of sp³-hybridized carbons (Fsp3) is 0.368. The standard InChI is InChI=1S/C19H18BrClO/c20-16-3-6-19(21)15(9-16)7-12-1-4-17(5-2-12)22-18-10-13-8-14(13)11-18/h1-6,9,13-14,18H,7-8,10-11H2/t13-,14+,18?. The lowest BCUT2D eigenvalue weighted by Crippen LogP contribution is -2.13. The molecule has 2 aromatic rings. The van der Waals surface area contributed by atoms with Crippen molar-refractivity contribution < 1.29 is 4.74 Å². The smallest absolute Gasteiger partial charge is 0.119 e. The van der Waals surface area contributed by atoms with Gasteiger partial charge in [-0.25, -0.2) is 0 Å². The number of ether oxygens (including phenoxy) is 1. The average molecular weight is 378 g/mol. The summed E-state index contributed by atoms with van der Waals surface area (Å²) in [4.78, 5) is 0. The predicted molar refractivity (Wildman–Crippen MR) is 93.6 cm³/mol. The van der Waals surface area contributed by atoms with E-state index in [-0.39, 0.29) is 0 Å². The van der Waals surface area contributed by atoms with Crippen LogP contribution in [0, 0.1) is 11.8 Å². The molecule has 2 fully saturated rings. The molecule has 1 nitrogen and oxygen atoms in total. The molecule has 0 N–H and O–H groups in total. The Morgan fingerprint density at radius 2 is 1.73 bits per heavy atom. The van der Waals surface area contributed by atoms with Crippen LogP contribution in [-0.4, -0.2) is 6.10 Å². The topological polar surface area (TPSA) is 9.23 Å². The Labute approximate surface area is 144 Å². The maximum Gasteiger partial charge on any atom is 0.119 e. The van der Waals surface area contributed by atoms with Gasteiger partial charge in [0, 0.05) is 9.50 Å². The first-order valence-electron chi connectivity index (χ1n) is 7.87. The van der Waals surface area contributed by atoms with E-state index in [2.05, 4.69) is 46.3 Å². The molecule has 0 radical (unpaired) electrons. The summed E-state index contributed by atoms with van der Waals surface area (Å²) in [7, 11) is 0. The highest BCUT2D eigenvalue weighted by Crippen LogP contribution is 2.52. The second-order valence-corrected chi connectivity index (χ2v) is 7.85. The van der Waals surface area contributed by atoms with E-state index in [0.29, 0.717) is 6.10 Å². The van der Waals surface area contributed by atoms with Gasteiger partial charge in [0.2, 0.25) is 0 Å². The number of fused-ring (bicyclic) bond motifs is 1. The monoisotopic (exact) mass is 376 g/mol. The maximum absolute atomic E-state index is 6.26. The minimum absolute atomic E-state index is 0.439. The van der Waals surface area contributed by atoms with Gasteiger partial charge < -0.3 is 4.74 Å². The zero-order chi connectivity index (χ0) is 15.1. The van der Waals surface area contributed by atoms with Crippen molar-refractivity contribution in [2.24, 2.45) is 11.8 Å². The van der Waals surface area contributed by atoms with Gasteiger partial charge in [-0.05, 0) is 79.0 Å². The van der Waals surface area contributed by atoms with E-state index in [1.807, 2.05) is 12.1 Å². The van der Waals surface area contributed by atoms with Crippen molar-refractivity contribution in [1.29, 1.82) is 0 Å². The van der Waals surface area contributed by atoms with Crippen LogP contribution in [0.15, 0.2) is 46.9 Å². The Kier molecular flexibility index (Phi) is 3.91. The summed E-state index contributed by atoms with van der Waals surface area (Å²) in [6, 6.07) is 14.4. The molecule has 0 heterocycles. The van der Waals surface area contributed by atoms with Crippen LogP contribution in [0.25, 0.3) is 0 Å². The van der Waals surface area contributed by atoms with Gasteiger partial charge in [0.15, 0.2) is 0 Å². The van der Waals surface area contributed by atoms with E-state index in [4.69, 9.17) is 16.3 Å². The van der Waals surface area contributed by atoms with E-state index < -0.39 is 0 Å². The van der Waals surface area contributed by atoms with Gasteiger partial charge in [-0.15, -0.1) is 0 Å². The second kappa shape index (κ2) is 5.90. The molecule has 0 saturated heterocycles. The van der Waals surface area contributed by atoms with Crippen LogP contribution in [0.2, 0.25) is 5.02 Å². The van der Waals surface area contributed by atoms with Gasteiger partial charge in [0.1, 0.15) is 5.75 Å². The molecule has 3 heteroatoms. The third-order valence-corrected chi connectivity index (χ3v) is 5.69. The van der Waals surface area contributed by atoms with Gasteiger partial charge in [-0.3, -0.25) is 0 Å². The first-order valence-corrected chi connectivity index (χ1v) is 9.04. The van der Waals surface area contributed by atoms with E-state index in [1.165, 1.54) is 24.8 Å². The fourth-order valence-electron chi connectivity index (χ4n) is 3.53. The summed E-state index contributed by atoms with van der Waals surface area (Å²) >= 11 is 9.76. The van der Waals surface area contributed by atoms with Crippen LogP contribution < -0.4 is 4.74 Å². The highest BCUT2D eigenvalue weighted by atomic mass is 79.9. The summed E-state index contributed by atoms with van der Waals surface area (Å²) in [5.74, 6) is 2.92. The minimum Gasteiger partial charge on any atom is -0.490 e. The van der Waals surface area contributed by atoms with E-state index in [9.17, 15) is 0 Å². The first-order chi connectivity index (χ1) is 10.7. The van der Waals surface area contributed by atoms with Gasteiger partial charge in [-0.1, -0.05) is 39.7 Å². The number of benzene rings is 2. The van der Waals surface area contributed by atoms with Crippen LogP contribution in [-0.2, 0) is 6.42 Å². The molecule has 0 spiro atoms. The molecule has 2 aliphatic carbocycles. The van der Waals surface area contributed by atoms with Gasteiger partial charge in [0.05, 0.1) is 6.10 Å². The lowest BCUT2D eigenvalue weighted by Gasteiger charge is -2.15. The Bertz CT molecular complexity index is 672. The zero-order valence-corrected chi connectivity index (χ0v) is 14.6. The van der Waals surface area contributed by atoms with Crippen LogP contribution in [0.1, 0.15) is 30.4 Å². The molecule has 0 aromatic heterocycles. The van der Waals surface area contributed by atoms with E-state index >= 15 is 0 Å². The number of halogens is 2. The number of hydrogen-bond acceptors (Lipinski definition) is 1. The fourth-order valence-corrected chi connectivity index (χ4v) is 4.13. The highest BCUT2D eigenvalue weighted by Gasteiger charge is 2.46. The highest BCUT2D eigenvalue weighted by molar-refractivity contribution is 9.10. The van der Waals surface area contributed by atoms with Crippen LogP contribution in [0.3, 0.4) is 0 Å². The summed E-state index contributed by atoms with van der Waals surface area (Å²) in [5.41, 5.74) is 2.39. The lowest BCUT2D eigenvalue weighted by atomic mass is 10.0. The maximum atomic E-state index is 6.26. The summed E-state index contributed by atoms with van der Waals surface area (Å²) < 4.78 is 7.15. The predicted octanol–water partition coefficient (Wildman–Crippen LogP) is 5.87. The van der Waals surface area contributed by atoms with Crippen molar-refractivity contribution in [3.63, 3.8) is 0 Å². The quantitative estimate of drug-likeness (QED) is 0.647. The molecule has 4 rings (SSSR count). The van der Waals surface area contributed by atoms with Crippen LogP contribution in [0.4, 0.5) is 0 Å². The molecular formula is C19H18BrClO. The van der Waals surface area contributed by atoms with Crippen LogP contribution >= 0.6 is 27.5 Å². The molecule has 0 bridgehead atoms. The van der Waals surface area contributed by atoms with Crippen molar-refractivity contribution in [3.05, 3.63) is 63.1 Å². The molecule has 0 amide bonds. The van der Waals surface area contributed by atoms with Crippen molar-refractivity contribution in [3.8, 4) is 5.75 Å². The van der Waals surface area contributed by atoms with Crippen molar-refractivity contribution in [2.45, 2.75) is 31.8 Å². The Morgan fingerprint density at radius 3 is 2.45 bits per heavy atom. The third-order valence-electron chi connectivity index (χ3n) is 4.83. The van der Waals surface area contributed by atoms with E-state index in [0.717, 1.165) is 39.1 Å². The van der Waals surface area contributed by atoms with Gasteiger partial charge in [-0.2, -0.15) is 0 Å². The molecule has 1 unspecified atom stereocenters. The van der Waals surface area contributed by atoms with Gasteiger partial charge >= 0.3 is 0 Å². The molecule has 2 aliphatic rings. The molecule has 114 valence electrons. The summed E-state index contributed by atoms with van der Waals surface area (Å²) in [6.07, 6.45) is 5.22. The zero-order valence-electron chi connectivity index (χ0n) is 12.3. The molecule has 0 aliphatic heterocycles. The lowest BCUT2D eigenvalue weighted by molar-refractivity contribution is 0.194.